The molecule has 1 aromatic heterocycles. The number of pyridine rings is 1. The van der Waals surface area contributed by atoms with Crippen LogP contribution in [0.5, 0.6) is 0 Å². The van der Waals surface area contributed by atoms with Gasteiger partial charge in [0.25, 0.3) is 5.91 Å². The molecule has 1 fully saturated rings. The minimum atomic E-state index is -4.46. The third kappa shape index (κ3) is 6.41. The normalized spacial score (nSPS) is 17.8. The summed E-state index contributed by atoms with van der Waals surface area (Å²) >= 11 is 0. The zero-order chi connectivity index (χ0) is 29.2. The summed E-state index contributed by atoms with van der Waals surface area (Å²) in [6.45, 7) is 1.04. The van der Waals surface area contributed by atoms with E-state index in [0.717, 1.165) is 12.1 Å². The van der Waals surface area contributed by atoms with Crippen molar-refractivity contribution < 1.29 is 31.2 Å². The molecule has 41 heavy (non-hydrogen) atoms. The molecule has 13 heteroatoms. The van der Waals surface area contributed by atoms with Gasteiger partial charge in [0.2, 0.25) is 10.0 Å². The number of hydrogen-bond donors (Lipinski definition) is 2. The molecule has 1 aliphatic heterocycles. The van der Waals surface area contributed by atoms with Crippen LogP contribution in [0, 0.1) is 0 Å². The van der Waals surface area contributed by atoms with Gasteiger partial charge < -0.3 is 15.1 Å². The van der Waals surface area contributed by atoms with Crippen LogP contribution >= 0.6 is 0 Å². The Morgan fingerprint density at radius 1 is 0.927 bits per heavy atom. The molecule has 0 radical (unpaired) electrons. The highest BCUT2D eigenvalue weighted by atomic mass is 32.2. The number of sulfonamides is 1. The zero-order valence-corrected chi connectivity index (χ0v) is 22.5. The molecular weight excluding hydrogens is 559 g/mol. The molecule has 9 nitrogen and oxygen atoms in total. The standard InChI is InChI=1S/C28H26F3N5O4S/c29-28(30,31)21-8-12-22(13-9-21)33-27(38)36-17-15-35(16-18-36)26(37)20-6-10-23(11-7-20)34-41(39,40)24-5-1-3-19-4-2-14-32-25(19)24/h1-10,12-14,23,34H,11,15-18H2,(H,33,38). The van der Waals surface area contributed by atoms with Gasteiger partial charge in [0, 0.05) is 55.1 Å². The number of aromatic nitrogens is 1. The van der Waals surface area contributed by atoms with E-state index in [1.54, 1.807) is 47.4 Å². The molecule has 1 saturated heterocycles. The van der Waals surface area contributed by atoms with Crippen molar-refractivity contribution in [2.24, 2.45) is 0 Å². The van der Waals surface area contributed by atoms with Gasteiger partial charge in [0.05, 0.1) is 11.1 Å². The fourth-order valence-electron chi connectivity index (χ4n) is 4.66. The van der Waals surface area contributed by atoms with E-state index in [2.05, 4.69) is 15.0 Å². The Bertz CT molecular complexity index is 1630. The van der Waals surface area contributed by atoms with Crippen molar-refractivity contribution in [1.29, 1.82) is 0 Å². The summed E-state index contributed by atoms with van der Waals surface area (Å²) in [6.07, 6.45) is 2.26. The molecule has 2 aliphatic rings. The quantitative estimate of drug-likeness (QED) is 0.467. The van der Waals surface area contributed by atoms with E-state index in [1.165, 1.54) is 29.3 Å². The fourth-order valence-corrected chi connectivity index (χ4v) is 6.05. The Kier molecular flexibility index (Phi) is 7.82. The Morgan fingerprint density at radius 2 is 1.61 bits per heavy atom. The topological polar surface area (TPSA) is 112 Å². The summed E-state index contributed by atoms with van der Waals surface area (Å²) in [4.78, 5) is 33.0. The number of carbonyl (C=O) groups excluding carboxylic acids is 2. The molecule has 0 spiro atoms. The van der Waals surface area contributed by atoms with Crippen molar-refractivity contribution in [2.45, 2.75) is 23.5 Å². The highest BCUT2D eigenvalue weighted by Crippen LogP contribution is 2.30. The second kappa shape index (κ2) is 11.3. The minimum absolute atomic E-state index is 0.0788. The fraction of sp³-hybridized carbons (Fsp3) is 0.250. The molecule has 0 bridgehead atoms. The summed E-state index contributed by atoms with van der Waals surface area (Å²) in [5.74, 6) is -0.233. The summed E-state index contributed by atoms with van der Waals surface area (Å²) < 4.78 is 67.0. The van der Waals surface area contributed by atoms with Crippen molar-refractivity contribution >= 4 is 38.6 Å². The number of anilines is 1. The van der Waals surface area contributed by atoms with E-state index >= 15 is 0 Å². The minimum Gasteiger partial charge on any atom is -0.335 e. The van der Waals surface area contributed by atoms with Crippen LogP contribution in [0.15, 0.2) is 89.5 Å². The summed E-state index contributed by atoms with van der Waals surface area (Å²) in [5, 5.41) is 3.28. The van der Waals surface area contributed by atoms with E-state index in [-0.39, 0.29) is 49.1 Å². The molecule has 1 atom stereocenters. The maximum absolute atomic E-state index is 13.1. The summed E-state index contributed by atoms with van der Waals surface area (Å²) in [5.41, 5.74) is 0.233. The average Bonchev–Trinajstić information content (AvgIpc) is 2.96. The number of urea groups is 1. The third-order valence-electron chi connectivity index (χ3n) is 6.86. The number of piperazine rings is 1. The smallest absolute Gasteiger partial charge is 0.335 e. The number of para-hydroxylation sites is 1. The lowest BCUT2D eigenvalue weighted by atomic mass is 10.0. The lowest BCUT2D eigenvalue weighted by Gasteiger charge is -2.35. The Labute approximate surface area is 234 Å². The Hall–Kier alpha value is -4.23. The van der Waals surface area contributed by atoms with Gasteiger partial charge in [0.15, 0.2) is 0 Å². The second-order valence-corrected chi connectivity index (χ2v) is 11.3. The molecule has 214 valence electrons. The van der Waals surface area contributed by atoms with Crippen LogP contribution in [0.3, 0.4) is 0 Å². The predicted molar refractivity (Wildman–Crippen MR) is 146 cm³/mol. The molecule has 3 amide bonds. The Balaban J connectivity index is 1.13. The van der Waals surface area contributed by atoms with E-state index < -0.39 is 33.8 Å². The second-order valence-electron chi connectivity index (χ2n) is 9.60. The van der Waals surface area contributed by atoms with Crippen molar-refractivity contribution in [2.75, 3.05) is 31.5 Å². The molecule has 3 aromatic rings. The van der Waals surface area contributed by atoms with E-state index in [1.807, 2.05) is 0 Å². The first-order valence-electron chi connectivity index (χ1n) is 12.8. The first-order valence-corrected chi connectivity index (χ1v) is 14.3. The first-order chi connectivity index (χ1) is 19.5. The monoisotopic (exact) mass is 585 g/mol. The first kappa shape index (κ1) is 28.3. The lowest BCUT2D eigenvalue weighted by Crippen LogP contribution is -2.52. The van der Waals surface area contributed by atoms with Crippen molar-refractivity contribution in [3.63, 3.8) is 0 Å². The number of amides is 3. The molecular formula is C28H26F3N5O4S. The van der Waals surface area contributed by atoms with Crippen molar-refractivity contribution in [1.82, 2.24) is 19.5 Å². The van der Waals surface area contributed by atoms with Crippen molar-refractivity contribution in [3.8, 4) is 0 Å². The third-order valence-corrected chi connectivity index (χ3v) is 8.38. The van der Waals surface area contributed by atoms with Crippen LogP contribution < -0.4 is 10.0 Å². The molecule has 5 rings (SSSR count). The van der Waals surface area contributed by atoms with Gasteiger partial charge in [-0.3, -0.25) is 9.78 Å². The largest absolute Gasteiger partial charge is 0.416 e. The van der Waals surface area contributed by atoms with Crippen LogP contribution in [0.2, 0.25) is 0 Å². The SMILES string of the molecule is O=C(Nc1ccc(C(F)(F)F)cc1)N1CCN(C(=O)C2=CCC(NS(=O)(=O)c3cccc4cccnc34)C=C2)CC1. The van der Waals surface area contributed by atoms with Gasteiger partial charge in [0.1, 0.15) is 4.90 Å². The van der Waals surface area contributed by atoms with Crippen LogP contribution in [-0.4, -0.2) is 67.4 Å². The van der Waals surface area contributed by atoms with E-state index in [4.69, 9.17) is 0 Å². The number of alkyl halides is 3. The number of nitrogens with zero attached hydrogens (tertiary/aromatic N) is 3. The maximum atomic E-state index is 13.1. The summed E-state index contributed by atoms with van der Waals surface area (Å²) in [7, 11) is -3.87. The van der Waals surface area contributed by atoms with Crippen LogP contribution in [-0.2, 0) is 21.0 Å². The highest BCUT2D eigenvalue weighted by molar-refractivity contribution is 7.89. The van der Waals surface area contributed by atoms with Crippen molar-refractivity contribution in [3.05, 3.63) is 90.2 Å². The molecule has 2 heterocycles. The van der Waals surface area contributed by atoms with E-state index in [9.17, 15) is 31.2 Å². The van der Waals surface area contributed by atoms with Crippen LogP contribution in [0.25, 0.3) is 10.9 Å². The maximum Gasteiger partial charge on any atom is 0.416 e. The summed E-state index contributed by atoms with van der Waals surface area (Å²) in [6, 6.07) is 11.6. The van der Waals surface area contributed by atoms with E-state index in [0.29, 0.717) is 16.5 Å². The lowest BCUT2D eigenvalue weighted by molar-refractivity contribution is -0.137. The van der Waals surface area contributed by atoms with Gasteiger partial charge in [-0.05, 0) is 42.8 Å². The molecule has 1 aliphatic carbocycles. The molecule has 1 unspecified atom stereocenters. The molecule has 2 aromatic carbocycles. The number of carbonyl (C=O) groups is 2. The van der Waals surface area contributed by atoms with Gasteiger partial charge in [-0.15, -0.1) is 0 Å². The highest BCUT2D eigenvalue weighted by Gasteiger charge is 2.31. The van der Waals surface area contributed by atoms with Gasteiger partial charge in [-0.1, -0.05) is 36.4 Å². The van der Waals surface area contributed by atoms with Crippen LogP contribution in [0.1, 0.15) is 12.0 Å². The predicted octanol–water partition coefficient (Wildman–Crippen LogP) is 4.16. The number of fused-ring (bicyclic) bond motifs is 1. The number of benzene rings is 2. The molecule has 2 N–H and O–H groups in total. The average molecular weight is 586 g/mol. The Morgan fingerprint density at radius 3 is 2.27 bits per heavy atom. The molecule has 0 saturated carbocycles. The van der Waals surface area contributed by atoms with Crippen LogP contribution in [0.4, 0.5) is 23.7 Å². The van der Waals surface area contributed by atoms with Gasteiger partial charge in [-0.2, -0.15) is 13.2 Å². The number of halogens is 3. The number of nitrogens with one attached hydrogen (secondary N) is 2. The number of rotatable bonds is 5. The van der Waals surface area contributed by atoms with Gasteiger partial charge >= 0.3 is 12.2 Å². The number of hydrogen-bond acceptors (Lipinski definition) is 5. The zero-order valence-electron chi connectivity index (χ0n) is 21.6. The van der Waals surface area contributed by atoms with Gasteiger partial charge in [-0.25, -0.2) is 17.9 Å².